The van der Waals surface area contributed by atoms with Crippen LogP contribution in [0.3, 0.4) is 0 Å². The molecule has 0 saturated carbocycles. The van der Waals surface area contributed by atoms with Crippen LogP contribution in [0, 0.1) is 0 Å². The Balaban J connectivity index is 2.00. The first-order valence-corrected chi connectivity index (χ1v) is 7.58. The minimum atomic E-state index is -0.114. The SMILES string of the molecule is COc1ccccc1C(=O)NC(C)Cc1ccc(Br)cc1. The Kier molecular flexibility index (Phi) is 5.39. The summed E-state index contributed by atoms with van der Waals surface area (Å²) >= 11 is 3.41. The fraction of sp³-hybridized carbons (Fsp3) is 0.235. The van der Waals surface area contributed by atoms with E-state index in [0.29, 0.717) is 11.3 Å². The number of nitrogens with one attached hydrogen (secondary N) is 1. The fourth-order valence-electron chi connectivity index (χ4n) is 2.16. The molecule has 0 bridgehead atoms. The number of benzene rings is 2. The van der Waals surface area contributed by atoms with Crippen molar-refractivity contribution < 1.29 is 9.53 Å². The van der Waals surface area contributed by atoms with Crippen molar-refractivity contribution in [3.05, 3.63) is 64.1 Å². The first-order chi connectivity index (χ1) is 10.1. The van der Waals surface area contributed by atoms with E-state index in [0.717, 1.165) is 10.9 Å². The first kappa shape index (κ1) is 15.6. The van der Waals surface area contributed by atoms with E-state index in [9.17, 15) is 4.79 Å². The van der Waals surface area contributed by atoms with Gasteiger partial charge in [-0.3, -0.25) is 4.79 Å². The van der Waals surface area contributed by atoms with Crippen LogP contribution in [0.15, 0.2) is 53.0 Å². The lowest BCUT2D eigenvalue weighted by Crippen LogP contribution is -2.34. The summed E-state index contributed by atoms with van der Waals surface area (Å²) < 4.78 is 6.27. The van der Waals surface area contributed by atoms with Crippen molar-refractivity contribution in [1.29, 1.82) is 0 Å². The number of carbonyl (C=O) groups excluding carboxylic acids is 1. The zero-order valence-corrected chi connectivity index (χ0v) is 13.7. The van der Waals surface area contributed by atoms with Crippen molar-refractivity contribution >= 4 is 21.8 Å². The van der Waals surface area contributed by atoms with Gasteiger partial charge in [-0.25, -0.2) is 0 Å². The number of hydrogen-bond acceptors (Lipinski definition) is 2. The summed E-state index contributed by atoms with van der Waals surface area (Å²) in [7, 11) is 1.57. The molecule has 0 spiro atoms. The number of hydrogen-bond donors (Lipinski definition) is 1. The zero-order valence-electron chi connectivity index (χ0n) is 12.1. The van der Waals surface area contributed by atoms with Crippen LogP contribution >= 0.6 is 15.9 Å². The topological polar surface area (TPSA) is 38.3 Å². The van der Waals surface area contributed by atoms with Gasteiger partial charge in [-0.1, -0.05) is 40.2 Å². The second-order valence-electron chi connectivity index (χ2n) is 4.91. The predicted molar refractivity (Wildman–Crippen MR) is 87.8 cm³/mol. The maximum absolute atomic E-state index is 12.3. The Morgan fingerprint density at radius 1 is 1.19 bits per heavy atom. The van der Waals surface area contributed by atoms with Crippen LogP contribution in [0.2, 0.25) is 0 Å². The van der Waals surface area contributed by atoms with Gasteiger partial charge in [0, 0.05) is 10.5 Å². The van der Waals surface area contributed by atoms with E-state index in [1.807, 2.05) is 31.2 Å². The highest BCUT2D eigenvalue weighted by molar-refractivity contribution is 9.10. The summed E-state index contributed by atoms with van der Waals surface area (Å²) in [4.78, 5) is 12.3. The molecule has 0 fully saturated rings. The summed E-state index contributed by atoms with van der Waals surface area (Å²) in [5.41, 5.74) is 1.74. The molecule has 3 nitrogen and oxygen atoms in total. The Morgan fingerprint density at radius 2 is 1.86 bits per heavy atom. The standard InChI is InChI=1S/C17H18BrNO2/c1-12(11-13-7-9-14(18)10-8-13)19-17(20)15-5-3-4-6-16(15)21-2/h3-10,12H,11H2,1-2H3,(H,19,20). The van der Waals surface area contributed by atoms with Gasteiger partial charge in [-0.05, 0) is 43.2 Å². The fourth-order valence-corrected chi connectivity index (χ4v) is 2.42. The average molecular weight is 348 g/mol. The second-order valence-corrected chi connectivity index (χ2v) is 5.82. The lowest BCUT2D eigenvalue weighted by atomic mass is 10.1. The smallest absolute Gasteiger partial charge is 0.255 e. The third kappa shape index (κ3) is 4.33. The molecule has 1 amide bonds. The van der Waals surface area contributed by atoms with Gasteiger partial charge in [0.2, 0.25) is 0 Å². The largest absolute Gasteiger partial charge is 0.496 e. The van der Waals surface area contributed by atoms with Gasteiger partial charge in [0.05, 0.1) is 12.7 Å². The summed E-state index contributed by atoms with van der Waals surface area (Å²) in [5, 5.41) is 3.00. The van der Waals surface area contributed by atoms with E-state index in [2.05, 4.69) is 33.4 Å². The molecule has 2 aromatic carbocycles. The van der Waals surface area contributed by atoms with Crippen LogP contribution in [0.25, 0.3) is 0 Å². The Hall–Kier alpha value is -1.81. The molecule has 0 saturated heterocycles. The third-order valence-electron chi connectivity index (χ3n) is 3.18. The van der Waals surface area contributed by atoms with E-state index in [1.165, 1.54) is 5.56 Å². The van der Waals surface area contributed by atoms with Crippen molar-refractivity contribution in [1.82, 2.24) is 5.32 Å². The lowest BCUT2D eigenvalue weighted by Gasteiger charge is -2.15. The van der Waals surface area contributed by atoms with Crippen LogP contribution in [0.5, 0.6) is 5.75 Å². The number of rotatable bonds is 5. The minimum absolute atomic E-state index is 0.0450. The van der Waals surface area contributed by atoms with Crippen LogP contribution in [0.1, 0.15) is 22.8 Å². The van der Waals surface area contributed by atoms with Gasteiger partial charge in [0.25, 0.3) is 5.91 Å². The molecule has 2 rings (SSSR count). The van der Waals surface area contributed by atoms with Gasteiger partial charge in [-0.15, -0.1) is 0 Å². The Labute approximate surface area is 133 Å². The normalized spacial score (nSPS) is 11.8. The molecule has 0 aromatic heterocycles. The zero-order chi connectivity index (χ0) is 15.2. The minimum Gasteiger partial charge on any atom is -0.496 e. The maximum Gasteiger partial charge on any atom is 0.255 e. The van der Waals surface area contributed by atoms with Gasteiger partial charge in [0.15, 0.2) is 0 Å². The molecule has 0 aliphatic rings. The van der Waals surface area contributed by atoms with Crippen LogP contribution < -0.4 is 10.1 Å². The van der Waals surface area contributed by atoms with Crippen molar-refractivity contribution in [3.8, 4) is 5.75 Å². The van der Waals surface area contributed by atoms with Gasteiger partial charge < -0.3 is 10.1 Å². The number of carbonyl (C=O) groups is 1. The van der Waals surface area contributed by atoms with Gasteiger partial charge >= 0.3 is 0 Å². The number of amides is 1. The van der Waals surface area contributed by atoms with E-state index in [1.54, 1.807) is 19.2 Å². The number of methoxy groups -OCH3 is 1. The summed E-state index contributed by atoms with van der Waals surface area (Å²) in [6.07, 6.45) is 0.786. The predicted octanol–water partition coefficient (Wildman–Crippen LogP) is 3.82. The third-order valence-corrected chi connectivity index (χ3v) is 3.71. The van der Waals surface area contributed by atoms with Crippen molar-refractivity contribution in [2.45, 2.75) is 19.4 Å². The molecule has 21 heavy (non-hydrogen) atoms. The van der Waals surface area contributed by atoms with E-state index in [4.69, 9.17) is 4.74 Å². The Morgan fingerprint density at radius 3 is 2.52 bits per heavy atom. The number of para-hydroxylation sites is 1. The monoisotopic (exact) mass is 347 g/mol. The lowest BCUT2D eigenvalue weighted by molar-refractivity contribution is 0.0937. The molecular formula is C17H18BrNO2. The molecular weight excluding hydrogens is 330 g/mol. The maximum atomic E-state index is 12.3. The van der Waals surface area contributed by atoms with Crippen LogP contribution in [0.4, 0.5) is 0 Å². The molecule has 1 unspecified atom stereocenters. The molecule has 1 atom stereocenters. The molecule has 0 aliphatic heterocycles. The van der Waals surface area contributed by atoms with Crippen LogP contribution in [-0.2, 0) is 6.42 Å². The molecule has 0 radical (unpaired) electrons. The Bertz CT molecular complexity index is 610. The first-order valence-electron chi connectivity index (χ1n) is 6.78. The summed E-state index contributed by atoms with van der Waals surface area (Å²) in [6, 6.07) is 15.4. The average Bonchev–Trinajstić information content (AvgIpc) is 2.49. The highest BCUT2D eigenvalue weighted by Gasteiger charge is 2.14. The van der Waals surface area contributed by atoms with Crippen molar-refractivity contribution in [3.63, 3.8) is 0 Å². The van der Waals surface area contributed by atoms with Gasteiger partial charge in [-0.2, -0.15) is 0 Å². The summed E-state index contributed by atoms with van der Waals surface area (Å²) in [5.74, 6) is 0.475. The van der Waals surface area contributed by atoms with Crippen LogP contribution in [-0.4, -0.2) is 19.1 Å². The van der Waals surface area contributed by atoms with E-state index in [-0.39, 0.29) is 11.9 Å². The van der Waals surface area contributed by atoms with Gasteiger partial charge in [0.1, 0.15) is 5.75 Å². The summed E-state index contributed by atoms with van der Waals surface area (Å²) in [6.45, 7) is 2.00. The van der Waals surface area contributed by atoms with Crippen molar-refractivity contribution in [2.75, 3.05) is 7.11 Å². The molecule has 4 heteroatoms. The second kappa shape index (κ2) is 7.27. The molecule has 0 heterocycles. The quantitative estimate of drug-likeness (QED) is 0.892. The molecule has 110 valence electrons. The number of halogens is 1. The highest BCUT2D eigenvalue weighted by atomic mass is 79.9. The molecule has 2 aromatic rings. The molecule has 0 aliphatic carbocycles. The molecule has 1 N–H and O–H groups in total. The highest BCUT2D eigenvalue weighted by Crippen LogP contribution is 2.17. The number of ether oxygens (including phenoxy) is 1. The van der Waals surface area contributed by atoms with E-state index >= 15 is 0 Å². The van der Waals surface area contributed by atoms with E-state index < -0.39 is 0 Å². The van der Waals surface area contributed by atoms with Crippen molar-refractivity contribution in [2.24, 2.45) is 0 Å².